The van der Waals surface area contributed by atoms with Gasteiger partial charge in [0.1, 0.15) is 12.9 Å². The van der Waals surface area contributed by atoms with Gasteiger partial charge in [0.25, 0.3) is 0 Å². The Morgan fingerprint density at radius 1 is 1.20 bits per heavy atom. The number of aliphatic imine (C=N–C) groups is 1. The van der Waals surface area contributed by atoms with Gasteiger partial charge in [-0.15, -0.1) is 34.2 Å². The lowest BCUT2D eigenvalue weighted by Gasteiger charge is -2.13. The topological polar surface area (TPSA) is 85.6 Å². The number of guanidine groups is 1. The maximum absolute atomic E-state index is 5.32. The number of methoxy groups -OCH3 is 2. The van der Waals surface area contributed by atoms with Gasteiger partial charge in [0, 0.05) is 24.8 Å². The Morgan fingerprint density at radius 3 is 2.60 bits per heavy atom. The number of nitrogens with zero attached hydrogens (tertiary/aromatic N) is 4. The summed E-state index contributed by atoms with van der Waals surface area (Å²) in [6.07, 6.45) is 1.71. The number of anilines is 1. The maximum Gasteiger partial charge on any atom is 0.196 e. The van der Waals surface area contributed by atoms with Crippen LogP contribution in [0.15, 0.2) is 29.5 Å². The van der Waals surface area contributed by atoms with Gasteiger partial charge in [-0.2, -0.15) is 0 Å². The van der Waals surface area contributed by atoms with Crippen molar-refractivity contribution in [3.8, 4) is 11.5 Å². The van der Waals surface area contributed by atoms with E-state index >= 15 is 0 Å². The molecule has 0 amide bonds. The lowest BCUT2D eigenvalue weighted by Crippen LogP contribution is -2.30. The predicted octanol–water partition coefficient (Wildman–Crippen LogP) is 2.51. The third-order valence-electron chi connectivity index (χ3n) is 3.41. The number of hydrogen-bond acceptors (Lipinski definition) is 5. The fourth-order valence-electron chi connectivity index (χ4n) is 2.17. The molecular formula is C16H25IN6O2. The van der Waals surface area contributed by atoms with Gasteiger partial charge in [-0.25, -0.2) is 4.99 Å². The molecule has 0 saturated heterocycles. The van der Waals surface area contributed by atoms with Gasteiger partial charge in [-0.05, 0) is 26.0 Å². The molecule has 0 aliphatic carbocycles. The molecule has 25 heavy (non-hydrogen) atoms. The third-order valence-corrected chi connectivity index (χ3v) is 3.41. The first-order chi connectivity index (χ1) is 11.7. The standard InChI is InChI=1S/C16H24N6O2.HI/c1-5-17-16(18-10-15-21-19-11-22(15)6-2)20-12-7-8-13(23-3)14(9-12)24-4;/h7-9,11H,5-6,10H2,1-4H3,(H2,17,18,20);1H. The highest BCUT2D eigenvalue weighted by Gasteiger charge is 2.07. The smallest absolute Gasteiger partial charge is 0.196 e. The van der Waals surface area contributed by atoms with Gasteiger partial charge in [0.05, 0.1) is 14.2 Å². The Morgan fingerprint density at radius 2 is 1.96 bits per heavy atom. The fraction of sp³-hybridized carbons (Fsp3) is 0.438. The third kappa shape index (κ3) is 5.76. The van der Waals surface area contributed by atoms with Crippen molar-refractivity contribution in [1.29, 1.82) is 0 Å². The fourth-order valence-corrected chi connectivity index (χ4v) is 2.17. The zero-order valence-corrected chi connectivity index (χ0v) is 17.3. The SMILES string of the molecule is CCNC(=NCc1nncn1CC)Nc1ccc(OC)c(OC)c1.I. The number of aromatic nitrogens is 3. The Bertz CT molecular complexity index is 689. The number of aryl methyl sites for hydroxylation is 1. The van der Waals surface area contributed by atoms with E-state index in [4.69, 9.17) is 9.47 Å². The van der Waals surface area contributed by atoms with Crippen molar-refractivity contribution in [1.82, 2.24) is 20.1 Å². The Balaban J connectivity index is 0.00000312. The van der Waals surface area contributed by atoms with Gasteiger partial charge in [-0.3, -0.25) is 0 Å². The molecule has 1 aromatic carbocycles. The van der Waals surface area contributed by atoms with Crippen LogP contribution in [-0.2, 0) is 13.1 Å². The molecule has 0 atom stereocenters. The summed E-state index contributed by atoms with van der Waals surface area (Å²) in [4.78, 5) is 4.56. The molecule has 0 saturated carbocycles. The highest BCUT2D eigenvalue weighted by Crippen LogP contribution is 2.29. The van der Waals surface area contributed by atoms with Crippen molar-refractivity contribution >= 4 is 35.6 Å². The van der Waals surface area contributed by atoms with E-state index in [2.05, 4.69) is 25.8 Å². The molecule has 138 valence electrons. The second-order valence-electron chi connectivity index (χ2n) is 4.92. The molecule has 1 aromatic heterocycles. The molecule has 2 N–H and O–H groups in total. The molecule has 0 radical (unpaired) electrons. The molecule has 0 aliphatic heterocycles. The van der Waals surface area contributed by atoms with Crippen LogP contribution < -0.4 is 20.1 Å². The summed E-state index contributed by atoms with van der Waals surface area (Å²) in [6, 6.07) is 5.61. The van der Waals surface area contributed by atoms with Crippen LogP contribution in [0.5, 0.6) is 11.5 Å². The second-order valence-corrected chi connectivity index (χ2v) is 4.92. The molecule has 0 unspecified atom stereocenters. The summed E-state index contributed by atoms with van der Waals surface area (Å²) >= 11 is 0. The molecule has 2 aromatic rings. The summed E-state index contributed by atoms with van der Waals surface area (Å²) in [6.45, 7) is 6.07. The number of hydrogen-bond donors (Lipinski definition) is 2. The molecule has 0 bridgehead atoms. The lowest BCUT2D eigenvalue weighted by atomic mass is 10.3. The van der Waals surface area contributed by atoms with E-state index in [1.807, 2.05) is 36.6 Å². The highest BCUT2D eigenvalue weighted by atomic mass is 127. The zero-order valence-electron chi connectivity index (χ0n) is 14.9. The Hall–Kier alpha value is -2.04. The van der Waals surface area contributed by atoms with Gasteiger partial charge in [0.15, 0.2) is 23.3 Å². The van der Waals surface area contributed by atoms with E-state index < -0.39 is 0 Å². The predicted molar refractivity (Wildman–Crippen MR) is 109 cm³/mol. The summed E-state index contributed by atoms with van der Waals surface area (Å²) in [5.74, 6) is 2.82. The van der Waals surface area contributed by atoms with Gasteiger partial charge in [-0.1, -0.05) is 0 Å². The van der Waals surface area contributed by atoms with Crippen molar-refractivity contribution in [3.63, 3.8) is 0 Å². The minimum absolute atomic E-state index is 0. The van der Waals surface area contributed by atoms with E-state index in [0.717, 1.165) is 24.6 Å². The zero-order chi connectivity index (χ0) is 17.4. The van der Waals surface area contributed by atoms with Crippen molar-refractivity contribution < 1.29 is 9.47 Å². The Kier molecular flexibility index (Phi) is 9.03. The summed E-state index contributed by atoms with van der Waals surface area (Å²) < 4.78 is 12.5. The van der Waals surface area contributed by atoms with Gasteiger partial charge >= 0.3 is 0 Å². The van der Waals surface area contributed by atoms with Gasteiger partial charge < -0.3 is 24.7 Å². The van der Waals surface area contributed by atoms with E-state index in [1.165, 1.54) is 0 Å². The summed E-state index contributed by atoms with van der Waals surface area (Å²) in [5, 5.41) is 14.5. The van der Waals surface area contributed by atoms with E-state index in [9.17, 15) is 0 Å². The summed E-state index contributed by atoms with van der Waals surface area (Å²) in [7, 11) is 3.22. The number of rotatable bonds is 7. The van der Waals surface area contributed by atoms with Crippen LogP contribution >= 0.6 is 24.0 Å². The maximum atomic E-state index is 5.32. The largest absolute Gasteiger partial charge is 0.493 e. The molecular weight excluding hydrogens is 435 g/mol. The van der Waals surface area contributed by atoms with Crippen LogP contribution in [-0.4, -0.2) is 41.5 Å². The van der Waals surface area contributed by atoms with E-state index in [-0.39, 0.29) is 24.0 Å². The highest BCUT2D eigenvalue weighted by molar-refractivity contribution is 14.0. The molecule has 0 spiro atoms. The Labute approximate surface area is 165 Å². The quantitative estimate of drug-likeness (QED) is 0.375. The lowest BCUT2D eigenvalue weighted by molar-refractivity contribution is 0.355. The molecule has 2 rings (SSSR count). The minimum Gasteiger partial charge on any atom is -0.493 e. The molecule has 8 nitrogen and oxygen atoms in total. The van der Waals surface area contributed by atoms with E-state index in [1.54, 1.807) is 20.5 Å². The molecule has 0 fully saturated rings. The molecule has 9 heteroatoms. The molecule has 1 heterocycles. The van der Waals surface area contributed by atoms with E-state index in [0.29, 0.717) is 24.0 Å². The number of ether oxygens (including phenoxy) is 2. The van der Waals surface area contributed by atoms with Crippen molar-refractivity contribution in [2.24, 2.45) is 4.99 Å². The van der Waals surface area contributed by atoms with Crippen molar-refractivity contribution in [2.75, 3.05) is 26.1 Å². The first kappa shape index (κ1) is 21.0. The average Bonchev–Trinajstić information content (AvgIpc) is 3.07. The normalized spacial score (nSPS) is 10.8. The van der Waals surface area contributed by atoms with Crippen LogP contribution in [0.3, 0.4) is 0 Å². The average molecular weight is 460 g/mol. The number of halogens is 1. The van der Waals surface area contributed by atoms with Crippen molar-refractivity contribution in [3.05, 3.63) is 30.4 Å². The van der Waals surface area contributed by atoms with Crippen LogP contribution in [0.25, 0.3) is 0 Å². The van der Waals surface area contributed by atoms with Crippen LogP contribution in [0.4, 0.5) is 5.69 Å². The summed E-state index contributed by atoms with van der Waals surface area (Å²) in [5.41, 5.74) is 0.851. The first-order valence-corrected chi connectivity index (χ1v) is 7.85. The number of benzene rings is 1. The van der Waals surface area contributed by atoms with Crippen molar-refractivity contribution in [2.45, 2.75) is 26.9 Å². The van der Waals surface area contributed by atoms with Gasteiger partial charge in [0.2, 0.25) is 0 Å². The van der Waals surface area contributed by atoms with Crippen LogP contribution in [0, 0.1) is 0 Å². The second kappa shape index (κ2) is 10.7. The molecule has 0 aliphatic rings. The van der Waals surface area contributed by atoms with Crippen LogP contribution in [0.1, 0.15) is 19.7 Å². The van der Waals surface area contributed by atoms with Crippen LogP contribution in [0.2, 0.25) is 0 Å². The first-order valence-electron chi connectivity index (χ1n) is 7.85. The monoisotopic (exact) mass is 460 g/mol. The minimum atomic E-state index is 0. The number of nitrogens with one attached hydrogen (secondary N) is 2.